The maximum absolute atomic E-state index is 11.9. The summed E-state index contributed by atoms with van der Waals surface area (Å²) in [5.41, 5.74) is 0.733. The standard InChI is InChI=1S/C11H13FOS/c1-9(13)10-5-2-3-6-11(10)14-8-4-7-12/h2-3,5-6H,4,7-8H2,1H3. The average Bonchev–Trinajstić information content (AvgIpc) is 2.19. The maximum Gasteiger partial charge on any atom is 0.160 e. The topological polar surface area (TPSA) is 17.1 Å². The van der Waals surface area contributed by atoms with Crippen molar-refractivity contribution in [3.63, 3.8) is 0 Å². The number of carbonyl (C=O) groups is 1. The third-order valence-corrected chi connectivity index (χ3v) is 2.96. The largest absolute Gasteiger partial charge is 0.294 e. The van der Waals surface area contributed by atoms with E-state index in [2.05, 4.69) is 0 Å². The van der Waals surface area contributed by atoms with Crippen LogP contribution >= 0.6 is 11.8 Å². The number of hydrogen-bond donors (Lipinski definition) is 0. The van der Waals surface area contributed by atoms with Crippen LogP contribution in [0.15, 0.2) is 29.2 Å². The SMILES string of the molecule is CC(=O)c1ccccc1SCCCF. The molecule has 0 saturated carbocycles. The second-order valence-corrected chi connectivity index (χ2v) is 4.08. The number of thioether (sulfide) groups is 1. The molecular formula is C11H13FOS. The summed E-state index contributed by atoms with van der Waals surface area (Å²) in [7, 11) is 0. The number of alkyl halides is 1. The van der Waals surface area contributed by atoms with Gasteiger partial charge in [0, 0.05) is 16.2 Å². The third-order valence-electron chi connectivity index (χ3n) is 1.80. The third kappa shape index (κ3) is 3.14. The molecule has 1 rings (SSSR count). The molecule has 3 heteroatoms. The van der Waals surface area contributed by atoms with Crippen LogP contribution in [0, 0.1) is 0 Å². The first-order valence-electron chi connectivity index (χ1n) is 4.54. The number of Topliss-reactive ketones (excluding diaryl/α,β-unsaturated/α-hetero) is 1. The van der Waals surface area contributed by atoms with E-state index in [-0.39, 0.29) is 12.5 Å². The Bertz CT molecular complexity index is 312. The van der Waals surface area contributed by atoms with Crippen molar-refractivity contribution >= 4 is 17.5 Å². The van der Waals surface area contributed by atoms with Gasteiger partial charge >= 0.3 is 0 Å². The maximum atomic E-state index is 11.9. The second kappa shape index (κ2) is 5.81. The van der Waals surface area contributed by atoms with Gasteiger partial charge in [0.1, 0.15) is 0 Å². The van der Waals surface area contributed by atoms with E-state index in [0.717, 1.165) is 16.2 Å². The molecule has 0 aliphatic rings. The monoisotopic (exact) mass is 212 g/mol. The second-order valence-electron chi connectivity index (χ2n) is 2.94. The van der Waals surface area contributed by atoms with E-state index < -0.39 is 0 Å². The van der Waals surface area contributed by atoms with Crippen molar-refractivity contribution in [2.75, 3.05) is 12.4 Å². The van der Waals surface area contributed by atoms with Crippen molar-refractivity contribution in [1.29, 1.82) is 0 Å². The summed E-state index contributed by atoms with van der Waals surface area (Å²) in [4.78, 5) is 12.2. The van der Waals surface area contributed by atoms with Crippen molar-refractivity contribution in [1.82, 2.24) is 0 Å². The summed E-state index contributed by atoms with van der Waals surface area (Å²) in [5, 5.41) is 0. The van der Waals surface area contributed by atoms with Crippen LogP contribution in [0.25, 0.3) is 0 Å². The van der Waals surface area contributed by atoms with Crippen LogP contribution in [-0.2, 0) is 0 Å². The summed E-state index contributed by atoms with van der Waals surface area (Å²) in [6, 6.07) is 7.44. The van der Waals surface area contributed by atoms with Gasteiger partial charge in [-0.1, -0.05) is 18.2 Å². The highest BCUT2D eigenvalue weighted by atomic mass is 32.2. The molecular weight excluding hydrogens is 199 g/mol. The fourth-order valence-corrected chi connectivity index (χ4v) is 2.14. The number of carbonyl (C=O) groups excluding carboxylic acids is 1. The Kier molecular flexibility index (Phi) is 4.66. The summed E-state index contributed by atoms with van der Waals surface area (Å²) < 4.78 is 11.9. The summed E-state index contributed by atoms with van der Waals surface area (Å²) >= 11 is 1.54. The van der Waals surface area contributed by atoms with E-state index in [1.54, 1.807) is 13.0 Å². The first-order chi connectivity index (χ1) is 6.75. The van der Waals surface area contributed by atoms with E-state index in [1.807, 2.05) is 18.2 Å². The number of rotatable bonds is 5. The molecule has 0 atom stereocenters. The van der Waals surface area contributed by atoms with Gasteiger partial charge in [-0.05, 0) is 19.4 Å². The lowest BCUT2D eigenvalue weighted by Gasteiger charge is -2.04. The van der Waals surface area contributed by atoms with Crippen molar-refractivity contribution < 1.29 is 9.18 Å². The van der Waals surface area contributed by atoms with Crippen molar-refractivity contribution in [2.24, 2.45) is 0 Å². The normalized spacial score (nSPS) is 10.1. The highest BCUT2D eigenvalue weighted by Crippen LogP contribution is 2.23. The summed E-state index contributed by atoms with van der Waals surface area (Å²) in [5.74, 6) is 0.786. The molecule has 76 valence electrons. The van der Waals surface area contributed by atoms with Crippen LogP contribution in [0.4, 0.5) is 4.39 Å². The summed E-state index contributed by atoms with van der Waals surface area (Å²) in [6.45, 7) is 1.25. The molecule has 0 N–H and O–H groups in total. The van der Waals surface area contributed by atoms with Crippen LogP contribution < -0.4 is 0 Å². The van der Waals surface area contributed by atoms with Gasteiger partial charge in [-0.15, -0.1) is 11.8 Å². The van der Waals surface area contributed by atoms with Gasteiger partial charge in [0.25, 0.3) is 0 Å². The lowest BCUT2D eigenvalue weighted by Crippen LogP contribution is -1.95. The molecule has 0 aliphatic heterocycles. The predicted octanol–water partition coefficient (Wildman–Crippen LogP) is 3.34. The fourth-order valence-electron chi connectivity index (χ4n) is 1.12. The zero-order valence-electron chi connectivity index (χ0n) is 8.13. The minimum atomic E-state index is -0.296. The Hall–Kier alpha value is -0.830. The molecule has 0 unspecified atom stereocenters. The molecule has 0 radical (unpaired) electrons. The van der Waals surface area contributed by atoms with Gasteiger partial charge in [-0.25, -0.2) is 0 Å². The number of ketones is 1. The smallest absolute Gasteiger partial charge is 0.160 e. The zero-order chi connectivity index (χ0) is 10.4. The van der Waals surface area contributed by atoms with Crippen LogP contribution in [0.3, 0.4) is 0 Å². The van der Waals surface area contributed by atoms with Crippen molar-refractivity contribution in [3.8, 4) is 0 Å². The van der Waals surface area contributed by atoms with Gasteiger partial charge in [0.15, 0.2) is 5.78 Å². The average molecular weight is 212 g/mol. The van der Waals surface area contributed by atoms with E-state index in [0.29, 0.717) is 6.42 Å². The molecule has 0 heterocycles. The fraction of sp³-hybridized carbons (Fsp3) is 0.364. The molecule has 0 spiro atoms. The highest BCUT2D eigenvalue weighted by Gasteiger charge is 2.05. The van der Waals surface area contributed by atoms with E-state index in [1.165, 1.54) is 11.8 Å². The minimum absolute atomic E-state index is 0.0633. The Labute approximate surface area is 87.7 Å². The van der Waals surface area contributed by atoms with Gasteiger partial charge in [0.05, 0.1) is 6.67 Å². The zero-order valence-corrected chi connectivity index (χ0v) is 8.94. The molecule has 0 bridgehead atoms. The summed E-state index contributed by atoms with van der Waals surface area (Å²) in [6.07, 6.45) is 0.539. The Morgan fingerprint density at radius 1 is 1.43 bits per heavy atom. The molecule has 0 saturated heterocycles. The minimum Gasteiger partial charge on any atom is -0.294 e. The number of hydrogen-bond acceptors (Lipinski definition) is 2. The molecule has 0 amide bonds. The van der Waals surface area contributed by atoms with E-state index in [4.69, 9.17) is 0 Å². The quantitative estimate of drug-likeness (QED) is 0.423. The van der Waals surface area contributed by atoms with Crippen LogP contribution in [0.2, 0.25) is 0 Å². The first-order valence-corrected chi connectivity index (χ1v) is 5.53. The number of halogens is 1. The molecule has 0 fully saturated rings. The Morgan fingerprint density at radius 2 is 2.14 bits per heavy atom. The molecule has 14 heavy (non-hydrogen) atoms. The predicted molar refractivity (Wildman–Crippen MR) is 57.8 cm³/mol. The molecule has 0 aromatic heterocycles. The molecule has 0 aliphatic carbocycles. The van der Waals surface area contributed by atoms with Gasteiger partial charge in [-0.2, -0.15) is 0 Å². The van der Waals surface area contributed by atoms with E-state index in [9.17, 15) is 9.18 Å². The Morgan fingerprint density at radius 3 is 2.79 bits per heavy atom. The Balaban J connectivity index is 2.69. The number of benzene rings is 1. The van der Waals surface area contributed by atoms with Gasteiger partial charge in [-0.3, -0.25) is 9.18 Å². The molecule has 1 nitrogen and oxygen atoms in total. The van der Waals surface area contributed by atoms with Crippen LogP contribution in [0.1, 0.15) is 23.7 Å². The highest BCUT2D eigenvalue weighted by molar-refractivity contribution is 7.99. The van der Waals surface area contributed by atoms with Crippen LogP contribution in [-0.4, -0.2) is 18.2 Å². The van der Waals surface area contributed by atoms with Crippen molar-refractivity contribution in [3.05, 3.63) is 29.8 Å². The van der Waals surface area contributed by atoms with Crippen LogP contribution in [0.5, 0.6) is 0 Å². The van der Waals surface area contributed by atoms with Gasteiger partial charge < -0.3 is 0 Å². The lowest BCUT2D eigenvalue weighted by molar-refractivity contribution is 0.101. The first kappa shape index (κ1) is 11.2. The van der Waals surface area contributed by atoms with Crippen molar-refractivity contribution in [2.45, 2.75) is 18.2 Å². The van der Waals surface area contributed by atoms with Gasteiger partial charge in [0.2, 0.25) is 0 Å². The lowest BCUT2D eigenvalue weighted by atomic mass is 10.1. The molecule has 1 aromatic carbocycles. The van der Waals surface area contributed by atoms with E-state index >= 15 is 0 Å². The molecule has 1 aromatic rings.